The molecule has 0 saturated carbocycles. The Morgan fingerprint density at radius 3 is 2.74 bits per heavy atom. The number of rotatable bonds is 6. The Labute approximate surface area is 249 Å². The first kappa shape index (κ1) is 26.7. The summed E-state index contributed by atoms with van der Waals surface area (Å²) in [5, 5.41) is 23.3. The molecule has 0 unspecified atom stereocenters. The van der Waals surface area contributed by atoms with Gasteiger partial charge in [0.05, 0.1) is 46.9 Å². The van der Waals surface area contributed by atoms with Crippen LogP contribution in [0.3, 0.4) is 0 Å². The van der Waals surface area contributed by atoms with E-state index >= 15 is 4.39 Å². The molecule has 212 valence electrons. The Kier molecular flexibility index (Phi) is 6.55. The Morgan fingerprint density at radius 2 is 2.00 bits per heavy atom. The van der Waals surface area contributed by atoms with Gasteiger partial charge in [0.2, 0.25) is 5.95 Å². The second-order valence-corrected chi connectivity index (χ2v) is 12.0. The van der Waals surface area contributed by atoms with Gasteiger partial charge in [-0.05, 0) is 49.5 Å². The van der Waals surface area contributed by atoms with Gasteiger partial charge in [0.15, 0.2) is 0 Å². The van der Waals surface area contributed by atoms with E-state index in [0.717, 1.165) is 29.9 Å². The van der Waals surface area contributed by atoms with Crippen molar-refractivity contribution in [1.29, 1.82) is 5.26 Å². The molecule has 42 heavy (non-hydrogen) atoms. The van der Waals surface area contributed by atoms with Gasteiger partial charge >= 0.3 is 0 Å². The molecule has 10 nitrogen and oxygen atoms in total. The van der Waals surface area contributed by atoms with Crippen molar-refractivity contribution in [2.24, 2.45) is 0 Å². The van der Waals surface area contributed by atoms with E-state index in [4.69, 9.17) is 32.0 Å². The first-order valence-corrected chi connectivity index (χ1v) is 14.5. The number of nitrogens with zero attached hydrogens (tertiary/aromatic N) is 7. The predicted octanol–water partition coefficient (Wildman–Crippen LogP) is 4.94. The molecule has 2 aromatic carbocycles. The first-order valence-electron chi connectivity index (χ1n) is 13.3. The van der Waals surface area contributed by atoms with Gasteiger partial charge in [-0.2, -0.15) is 20.4 Å². The van der Waals surface area contributed by atoms with Gasteiger partial charge in [-0.1, -0.05) is 11.6 Å². The average Bonchev–Trinajstić information content (AvgIpc) is 3.56. The number of ether oxygens (including phenoxy) is 1. The minimum Gasteiger partial charge on any atom is -0.389 e. The van der Waals surface area contributed by atoms with Crippen molar-refractivity contribution in [3.63, 3.8) is 0 Å². The van der Waals surface area contributed by atoms with E-state index in [2.05, 4.69) is 31.4 Å². The number of anilines is 3. The van der Waals surface area contributed by atoms with E-state index in [-0.39, 0.29) is 29.4 Å². The molecule has 0 spiro atoms. The minimum absolute atomic E-state index is 0.222. The number of benzene rings is 2. The number of hydrogen-bond acceptors (Lipinski definition) is 11. The van der Waals surface area contributed by atoms with Crippen LogP contribution >= 0.6 is 22.9 Å². The molecule has 3 N–H and O–H groups in total. The number of thiophene rings is 1. The zero-order valence-corrected chi connectivity index (χ0v) is 24.4. The number of nitrogens with one attached hydrogen (secondary N) is 1. The maximum Gasteiger partial charge on any atom is 0.228 e. The van der Waals surface area contributed by atoms with Crippen molar-refractivity contribution < 1.29 is 9.13 Å². The second kappa shape index (κ2) is 10.3. The summed E-state index contributed by atoms with van der Waals surface area (Å²) in [6.45, 7) is 2.39. The molecule has 0 bridgehead atoms. The molecule has 5 heterocycles. The molecule has 3 aromatic heterocycles. The van der Waals surface area contributed by atoms with Crippen molar-refractivity contribution in [2.75, 3.05) is 43.1 Å². The SMILES string of the molecule is CN(C)C1CN(c2nc(NCc3cccnn3)c3c4c(c(-c5c(F)ccc6sc(N)c(C#N)c56)c(Cl)c3n2)COC4)C1. The monoisotopic (exact) mass is 601 g/mol. The Bertz CT molecular complexity index is 1920. The molecule has 0 radical (unpaired) electrons. The molecule has 0 amide bonds. The summed E-state index contributed by atoms with van der Waals surface area (Å²) in [6.07, 6.45) is 1.62. The normalized spacial score (nSPS) is 14.9. The van der Waals surface area contributed by atoms with Gasteiger partial charge in [0, 0.05) is 46.5 Å². The maximum atomic E-state index is 15.8. The lowest BCUT2D eigenvalue weighted by Crippen LogP contribution is -2.58. The number of nitrogen functional groups attached to an aromatic ring is 1. The number of nitriles is 1. The predicted molar refractivity (Wildman–Crippen MR) is 162 cm³/mol. The largest absolute Gasteiger partial charge is 0.389 e. The van der Waals surface area contributed by atoms with Gasteiger partial charge in [-0.3, -0.25) is 0 Å². The van der Waals surface area contributed by atoms with Crippen molar-refractivity contribution in [3.05, 3.63) is 63.7 Å². The molecule has 1 saturated heterocycles. The summed E-state index contributed by atoms with van der Waals surface area (Å²) in [7, 11) is 4.09. The fraction of sp³-hybridized carbons (Fsp3) is 0.276. The van der Waals surface area contributed by atoms with Gasteiger partial charge in [-0.25, -0.2) is 9.37 Å². The highest BCUT2D eigenvalue weighted by molar-refractivity contribution is 7.23. The molecule has 2 aliphatic rings. The third-order valence-electron chi connectivity index (χ3n) is 7.92. The molecule has 2 aliphatic heterocycles. The number of aromatic nitrogens is 4. The summed E-state index contributed by atoms with van der Waals surface area (Å²) in [4.78, 5) is 14.2. The van der Waals surface area contributed by atoms with Crippen LogP contribution in [0.4, 0.5) is 21.2 Å². The Balaban J connectivity index is 1.48. The van der Waals surface area contributed by atoms with Crippen molar-refractivity contribution >= 4 is 60.7 Å². The lowest BCUT2D eigenvalue weighted by atomic mass is 9.90. The van der Waals surface area contributed by atoms with E-state index in [9.17, 15) is 5.26 Å². The number of fused-ring (bicyclic) bond motifs is 4. The van der Waals surface area contributed by atoms with Crippen LogP contribution in [0.5, 0.6) is 0 Å². The van der Waals surface area contributed by atoms with E-state index < -0.39 is 5.82 Å². The fourth-order valence-corrected chi connectivity index (χ4v) is 6.91. The average molecular weight is 602 g/mol. The standard InChI is InChI=1S/C29H25ClFN9OS/c1-39(2)15-10-40(11-15)29-36-26-23(28(37-29)34-9-14-4-3-7-35-38-14)18-13-41-12-17(18)22(25(26)30)24-19(31)5-6-20-21(24)16(8-32)27(33)42-20/h3-7,15H,9-13,33H2,1-2H3,(H,34,36,37). The molecule has 1 fully saturated rings. The molecule has 7 rings (SSSR count). The van der Waals surface area contributed by atoms with Crippen LogP contribution in [0.1, 0.15) is 22.4 Å². The number of likely N-dealkylation sites (N-methyl/N-ethyl adjacent to an activating group) is 1. The van der Waals surface area contributed by atoms with E-state index in [0.29, 0.717) is 55.9 Å². The molecular weight excluding hydrogens is 577 g/mol. The van der Waals surface area contributed by atoms with Crippen LogP contribution in [-0.4, -0.2) is 58.3 Å². The van der Waals surface area contributed by atoms with Crippen molar-refractivity contribution in [2.45, 2.75) is 25.8 Å². The topological polar surface area (TPSA) is 129 Å². The van der Waals surface area contributed by atoms with Gasteiger partial charge in [0.1, 0.15) is 22.7 Å². The Hall–Kier alpha value is -4.15. The van der Waals surface area contributed by atoms with E-state index in [1.165, 1.54) is 17.4 Å². The smallest absolute Gasteiger partial charge is 0.228 e. The molecular formula is C29H25ClFN9OS. The van der Waals surface area contributed by atoms with Gasteiger partial charge in [0.25, 0.3) is 0 Å². The summed E-state index contributed by atoms with van der Waals surface area (Å²) in [6, 6.07) is 9.27. The molecule has 0 aliphatic carbocycles. The fourth-order valence-electron chi connectivity index (χ4n) is 5.64. The van der Waals surface area contributed by atoms with Crippen molar-refractivity contribution in [3.8, 4) is 17.2 Å². The van der Waals surface area contributed by atoms with Crippen LogP contribution < -0.4 is 16.0 Å². The highest BCUT2D eigenvalue weighted by atomic mass is 35.5. The van der Waals surface area contributed by atoms with Gasteiger partial charge in [-0.15, -0.1) is 11.3 Å². The highest BCUT2D eigenvalue weighted by Crippen LogP contribution is 2.49. The van der Waals surface area contributed by atoms with Crippen molar-refractivity contribution in [1.82, 2.24) is 25.1 Å². The number of nitrogens with two attached hydrogens (primary N) is 1. The number of halogens is 2. The van der Waals surface area contributed by atoms with Crippen LogP contribution in [0.25, 0.3) is 32.1 Å². The van der Waals surface area contributed by atoms with Gasteiger partial charge < -0.3 is 25.6 Å². The second-order valence-electron chi connectivity index (χ2n) is 10.6. The zero-order chi connectivity index (χ0) is 29.1. The quantitative estimate of drug-likeness (QED) is 0.276. The highest BCUT2D eigenvalue weighted by Gasteiger charge is 2.34. The lowest BCUT2D eigenvalue weighted by molar-refractivity contribution is 0.135. The summed E-state index contributed by atoms with van der Waals surface area (Å²) in [5.41, 5.74) is 9.90. The first-order chi connectivity index (χ1) is 20.4. The number of hydrogen-bond donors (Lipinski definition) is 2. The minimum atomic E-state index is -0.501. The summed E-state index contributed by atoms with van der Waals surface area (Å²) >= 11 is 8.49. The zero-order valence-electron chi connectivity index (χ0n) is 22.8. The van der Waals surface area contributed by atoms with Crippen LogP contribution in [0.15, 0.2) is 30.5 Å². The maximum absolute atomic E-state index is 15.8. The molecule has 0 atom stereocenters. The Morgan fingerprint density at radius 1 is 1.19 bits per heavy atom. The van der Waals surface area contributed by atoms with E-state index in [1.54, 1.807) is 12.3 Å². The van der Waals surface area contributed by atoms with Crippen LogP contribution in [0, 0.1) is 17.1 Å². The third-order valence-corrected chi connectivity index (χ3v) is 9.27. The van der Waals surface area contributed by atoms with E-state index in [1.807, 2.05) is 26.2 Å². The van der Waals surface area contributed by atoms with Crippen LogP contribution in [-0.2, 0) is 24.5 Å². The summed E-state index contributed by atoms with van der Waals surface area (Å²) < 4.78 is 22.5. The third kappa shape index (κ3) is 4.20. The molecule has 13 heteroatoms. The van der Waals surface area contributed by atoms with Crippen LogP contribution in [0.2, 0.25) is 5.02 Å². The lowest BCUT2D eigenvalue weighted by Gasteiger charge is -2.42. The summed E-state index contributed by atoms with van der Waals surface area (Å²) in [5.74, 6) is 0.601. The molecule has 5 aromatic rings.